The minimum absolute atomic E-state index is 0.0223. The second-order valence-corrected chi connectivity index (χ2v) is 7.74. The van der Waals surface area contributed by atoms with Gasteiger partial charge in [0.05, 0.1) is 19.1 Å². The quantitative estimate of drug-likeness (QED) is 0.0573. The number of carboxylic acid groups (broad SMARTS) is 1. The van der Waals surface area contributed by atoms with Gasteiger partial charge in [-0.05, 0) is 18.8 Å². The van der Waals surface area contributed by atoms with Crippen LogP contribution in [0.2, 0.25) is 0 Å². The number of primary amides is 1. The zero-order valence-corrected chi connectivity index (χ0v) is 19.3. The van der Waals surface area contributed by atoms with Gasteiger partial charge >= 0.3 is 5.97 Å². The molecule has 0 aromatic rings. The predicted molar refractivity (Wildman–Crippen MR) is 122 cm³/mol. The van der Waals surface area contributed by atoms with Crippen LogP contribution in [0.1, 0.15) is 39.5 Å². The van der Waals surface area contributed by atoms with Crippen molar-refractivity contribution in [1.82, 2.24) is 16.0 Å². The van der Waals surface area contributed by atoms with Crippen LogP contribution >= 0.6 is 0 Å². The van der Waals surface area contributed by atoms with Crippen molar-refractivity contribution in [2.75, 3.05) is 13.2 Å². The van der Waals surface area contributed by atoms with Crippen LogP contribution in [-0.4, -0.2) is 83.1 Å². The Kier molecular flexibility index (Phi) is 13.8. The van der Waals surface area contributed by atoms with Crippen LogP contribution < -0.4 is 38.9 Å². The Morgan fingerprint density at radius 3 is 1.97 bits per heavy atom. The molecule has 5 unspecified atom stereocenters. The molecule has 15 heteroatoms. The minimum Gasteiger partial charge on any atom is -0.480 e. The number of aliphatic hydroxyl groups excluding tert-OH is 1. The molecule has 0 aliphatic heterocycles. The number of nitrogens with zero attached hydrogens (tertiary/aromatic N) is 1. The van der Waals surface area contributed by atoms with E-state index in [1.54, 1.807) is 13.8 Å². The first-order chi connectivity index (χ1) is 15.8. The third-order valence-corrected chi connectivity index (χ3v) is 4.93. The highest BCUT2D eigenvalue weighted by Crippen LogP contribution is 2.09. The van der Waals surface area contributed by atoms with E-state index in [-0.39, 0.29) is 25.3 Å². The van der Waals surface area contributed by atoms with Gasteiger partial charge in [-0.25, -0.2) is 4.79 Å². The van der Waals surface area contributed by atoms with Gasteiger partial charge in [0.15, 0.2) is 5.96 Å². The average Bonchev–Trinajstić information content (AvgIpc) is 2.75. The molecule has 0 saturated heterocycles. The lowest BCUT2D eigenvalue weighted by Gasteiger charge is -2.26. The average molecular weight is 489 g/mol. The fourth-order valence-electron chi connectivity index (χ4n) is 2.76. The lowest BCUT2D eigenvalue weighted by atomic mass is 9.98. The van der Waals surface area contributed by atoms with Crippen LogP contribution in [0, 0.1) is 5.92 Å². The smallest absolute Gasteiger partial charge is 0.326 e. The summed E-state index contributed by atoms with van der Waals surface area (Å²) in [6.07, 6.45) is 0.266. The number of hydrogen-bond donors (Lipinski definition) is 9. The summed E-state index contributed by atoms with van der Waals surface area (Å²) < 4.78 is 0. The standard InChI is InChI=1S/C19H36N8O7/c1-3-9(2)14(18(33)34)27-16(31)11(5-4-6-24-19(22)23)25-17(32)12(8-28)26-15(30)10(20)7-13(21)29/h9-12,14,28H,3-8,20H2,1-2H3,(H2,21,29)(H,25,32)(H,26,30)(H,27,31)(H,33,34)(H4,22,23,24). The van der Waals surface area contributed by atoms with E-state index in [9.17, 15) is 34.2 Å². The van der Waals surface area contributed by atoms with E-state index < -0.39 is 72.7 Å². The number of aliphatic hydroxyl groups is 1. The van der Waals surface area contributed by atoms with Crippen molar-refractivity contribution in [3.05, 3.63) is 0 Å². The lowest BCUT2D eigenvalue weighted by Crippen LogP contribution is -2.58. The first kappa shape index (κ1) is 30.5. The molecule has 15 nitrogen and oxygen atoms in total. The van der Waals surface area contributed by atoms with E-state index in [0.717, 1.165) is 0 Å². The summed E-state index contributed by atoms with van der Waals surface area (Å²) in [6, 6.07) is -5.26. The van der Waals surface area contributed by atoms with Gasteiger partial charge in [0.25, 0.3) is 0 Å². The van der Waals surface area contributed by atoms with Crippen molar-refractivity contribution in [2.45, 2.75) is 63.7 Å². The molecule has 0 bridgehead atoms. The summed E-state index contributed by atoms with van der Waals surface area (Å²) in [4.78, 5) is 63.8. The number of rotatable bonds is 16. The molecular weight excluding hydrogens is 452 g/mol. The van der Waals surface area contributed by atoms with Crippen LogP contribution in [0.15, 0.2) is 4.99 Å². The molecule has 0 saturated carbocycles. The van der Waals surface area contributed by atoms with Crippen molar-refractivity contribution >= 4 is 35.6 Å². The van der Waals surface area contributed by atoms with Gasteiger partial charge < -0.3 is 49.1 Å². The highest BCUT2D eigenvalue weighted by Gasteiger charge is 2.31. The van der Waals surface area contributed by atoms with Crippen molar-refractivity contribution in [1.29, 1.82) is 0 Å². The van der Waals surface area contributed by atoms with E-state index >= 15 is 0 Å². The van der Waals surface area contributed by atoms with E-state index in [0.29, 0.717) is 6.42 Å². The minimum atomic E-state index is -1.50. The number of carboxylic acids is 1. The van der Waals surface area contributed by atoms with Crippen molar-refractivity contribution in [3.63, 3.8) is 0 Å². The number of nitrogens with two attached hydrogens (primary N) is 4. The Morgan fingerprint density at radius 2 is 1.50 bits per heavy atom. The fourth-order valence-corrected chi connectivity index (χ4v) is 2.76. The SMILES string of the molecule is CCC(C)C(NC(=O)C(CCCN=C(N)N)NC(=O)C(CO)NC(=O)C(N)CC(N)=O)C(=O)O. The summed E-state index contributed by atoms with van der Waals surface area (Å²) in [7, 11) is 0. The van der Waals surface area contributed by atoms with Gasteiger partial charge in [-0.2, -0.15) is 0 Å². The molecule has 0 aromatic heterocycles. The van der Waals surface area contributed by atoms with Crippen molar-refractivity contribution in [3.8, 4) is 0 Å². The first-order valence-corrected chi connectivity index (χ1v) is 10.7. The summed E-state index contributed by atoms with van der Waals surface area (Å²) in [5, 5.41) is 25.9. The zero-order valence-electron chi connectivity index (χ0n) is 19.3. The normalized spacial score (nSPS) is 15.1. The lowest BCUT2D eigenvalue weighted by molar-refractivity contribution is -0.144. The van der Waals surface area contributed by atoms with Crippen molar-refractivity contribution < 1.29 is 34.2 Å². The van der Waals surface area contributed by atoms with Crippen LogP contribution in [0.5, 0.6) is 0 Å². The van der Waals surface area contributed by atoms with Gasteiger partial charge in [-0.1, -0.05) is 20.3 Å². The maximum Gasteiger partial charge on any atom is 0.326 e. The summed E-state index contributed by atoms with van der Waals surface area (Å²) in [6.45, 7) is 2.71. The molecule has 194 valence electrons. The number of carbonyl (C=O) groups is 5. The number of amides is 4. The summed E-state index contributed by atoms with van der Waals surface area (Å²) >= 11 is 0. The third kappa shape index (κ3) is 11.4. The zero-order chi connectivity index (χ0) is 26.4. The number of aliphatic carboxylic acids is 1. The molecule has 4 amide bonds. The van der Waals surface area contributed by atoms with Gasteiger partial charge in [0.2, 0.25) is 23.6 Å². The van der Waals surface area contributed by atoms with Crippen LogP contribution in [0.25, 0.3) is 0 Å². The number of carbonyl (C=O) groups excluding carboxylic acids is 4. The highest BCUT2D eigenvalue weighted by molar-refractivity contribution is 5.95. The summed E-state index contributed by atoms with van der Waals surface area (Å²) in [5.41, 5.74) is 21.0. The Hall–Kier alpha value is -3.46. The molecule has 0 heterocycles. The van der Waals surface area contributed by atoms with E-state index in [2.05, 4.69) is 20.9 Å². The molecule has 5 atom stereocenters. The molecule has 0 rings (SSSR count). The monoisotopic (exact) mass is 488 g/mol. The second kappa shape index (κ2) is 15.4. The molecule has 0 radical (unpaired) electrons. The largest absolute Gasteiger partial charge is 0.480 e. The van der Waals surface area contributed by atoms with Crippen LogP contribution in [0.4, 0.5) is 0 Å². The van der Waals surface area contributed by atoms with Crippen molar-refractivity contribution in [2.24, 2.45) is 33.8 Å². The van der Waals surface area contributed by atoms with Crippen LogP contribution in [-0.2, 0) is 24.0 Å². The molecular formula is C19H36N8O7. The first-order valence-electron chi connectivity index (χ1n) is 10.7. The predicted octanol–water partition coefficient (Wildman–Crippen LogP) is -4.18. The highest BCUT2D eigenvalue weighted by atomic mass is 16.4. The topological polar surface area (TPSA) is 278 Å². The number of guanidine groups is 1. The molecule has 0 spiro atoms. The number of nitrogens with one attached hydrogen (secondary N) is 3. The Morgan fingerprint density at radius 1 is 0.941 bits per heavy atom. The van der Waals surface area contributed by atoms with Gasteiger partial charge in [-0.15, -0.1) is 0 Å². The Bertz CT molecular complexity index is 757. The summed E-state index contributed by atoms with van der Waals surface area (Å²) in [5.74, 6) is -5.25. The number of hydrogen-bond acceptors (Lipinski definition) is 8. The third-order valence-electron chi connectivity index (χ3n) is 4.93. The van der Waals surface area contributed by atoms with Crippen LogP contribution in [0.3, 0.4) is 0 Å². The Balaban J connectivity index is 5.46. The van der Waals surface area contributed by atoms with Gasteiger partial charge in [0, 0.05) is 6.54 Å². The van der Waals surface area contributed by atoms with Gasteiger partial charge in [0.1, 0.15) is 18.1 Å². The maximum absolute atomic E-state index is 12.8. The Labute approximate surface area is 197 Å². The molecule has 13 N–H and O–H groups in total. The molecule has 0 fully saturated rings. The molecule has 0 aliphatic rings. The molecule has 0 aliphatic carbocycles. The molecule has 0 aromatic carbocycles. The van der Waals surface area contributed by atoms with E-state index in [1.165, 1.54) is 0 Å². The second-order valence-electron chi connectivity index (χ2n) is 7.74. The van der Waals surface area contributed by atoms with Gasteiger partial charge in [-0.3, -0.25) is 24.2 Å². The molecule has 34 heavy (non-hydrogen) atoms. The van der Waals surface area contributed by atoms with E-state index in [1.807, 2.05) is 0 Å². The maximum atomic E-state index is 12.8. The number of aliphatic imine (C=N–C) groups is 1. The van der Waals surface area contributed by atoms with E-state index in [4.69, 9.17) is 22.9 Å². The fraction of sp³-hybridized carbons (Fsp3) is 0.684.